The maximum absolute atomic E-state index is 10.9. The van der Waals surface area contributed by atoms with Crippen LogP contribution in [-0.2, 0) is 19.4 Å². The summed E-state index contributed by atoms with van der Waals surface area (Å²) in [7, 11) is 1.49. The van der Waals surface area contributed by atoms with Gasteiger partial charge in [-0.05, 0) is 25.3 Å². The van der Waals surface area contributed by atoms with Crippen LogP contribution in [0.3, 0.4) is 0 Å². The Morgan fingerprint density at radius 2 is 2.14 bits per heavy atom. The van der Waals surface area contributed by atoms with Crippen LogP contribution in [-0.4, -0.2) is 17.2 Å². The van der Waals surface area contributed by atoms with Gasteiger partial charge in [-0.25, -0.2) is 0 Å². The summed E-state index contributed by atoms with van der Waals surface area (Å²) in [6, 6.07) is 4.25. The summed E-state index contributed by atoms with van der Waals surface area (Å²) in [5.74, 6) is 1.70. The lowest BCUT2D eigenvalue weighted by atomic mass is 9.97. The van der Waals surface area contributed by atoms with Crippen molar-refractivity contribution in [2.45, 2.75) is 32.3 Å². The maximum atomic E-state index is 10.9. The van der Waals surface area contributed by atoms with E-state index in [2.05, 4.69) is 5.16 Å². The second-order valence-electron chi connectivity index (χ2n) is 5.12. The zero-order valence-electron chi connectivity index (χ0n) is 12.2. The first-order chi connectivity index (χ1) is 10.7. The van der Waals surface area contributed by atoms with E-state index in [0.717, 1.165) is 42.7 Å². The van der Waals surface area contributed by atoms with Crippen molar-refractivity contribution in [2.75, 3.05) is 7.11 Å². The van der Waals surface area contributed by atoms with Crippen LogP contribution in [0, 0.1) is 10.1 Å². The first-order valence-corrected chi connectivity index (χ1v) is 7.10. The zero-order valence-corrected chi connectivity index (χ0v) is 12.2. The highest BCUT2D eigenvalue weighted by molar-refractivity contribution is 5.48. The highest BCUT2D eigenvalue weighted by atomic mass is 16.6. The van der Waals surface area contributed by atoms with Crippen LogP contribution in [0.4, 0.5) is 5.69 Å². The molecule has 0 radical (unpaired) electrons. The van der Waals surface area contributed by atoms with Gasteiger partial charge < -0.3 is 14.0 Å². The van der Waals surface area contributed by atoms with Crippen molar-refractivity contribution >= 4 is 5.69 Å². The molecule has 0 bridgehead atoms. The van der Waals surface area contributed by atoms with Crippen LogP contribution in [0.25, 0.3) is 0 Å². The second kappa shape index (κ2) is 6.05. The van der Waals surface area contributed by atoms with Gasteiger partial charge in [-0.1, -0.05) is 5.16 Å². The summed E-state index contributed by atoms with van der Waals surface area (Å²) in [5, 5.41) is 14.9. The van der Waals surface area contributed by atoms with Crippen molar-refractivity contribution in [3.63, 3.8) is 0 Å². The molecular formula is C15H16N2O5. The third-order valence-electron chi connectivity index (χ3n) is 3.75. The molecule has 0 saturated heterocycles. The van der Waals surface area contributed by atoms with Gasteiger partial charge in [-0.15, -0.1) is 0 Å². The molecule has 7 nitrogen and oxygen atoms in total. The lowest BCUT2D eigenvalue weighted by Crippen LogP contribution is -2.05. The molecule has 2 aromatic rings. The van der Waals surface area contributed by atoms with E-state index in [0.29, 0.717) is 11.5 Å². The van der Waals surface area contributed by atoms with Crippen LogP contribution in [0.1, 0.15) is 29.9 Å². The predicted molar refractivity (Wildman–Crippen MR) is 77.1 cm³/mol. The van der Waals surface area contributed by atoms with Gasteiger partial charge in [-0.3, -0.25) is 10.1 Å². The number of benzene rings is 1. The Labute approximate surface area is 127 Å². The summed E-state index contributed by atoms with van der Waals surface area (Å²) in [6.45, 7) is 0.205. The van der Waals surface area contributed by atoms with Crippen LogP contribution in [0.15, 0.2) is 22.7 Å². The number of methoxy groups -OCH3 is 1. The SMILES string of the molecule is COc1ccc([N+](=O)[O-])cc1OCc1noc2c1CCCC2. The molecule has 22 heavy (non-hydrogen) atoms. The van der Waals surface area contributed by atoms with Gasteiger partial charge in [0.25, 0.3) is 5.69 Å². The molecule has 1 aromatic carbocycles. The van der Waals surface area contributed by atoms with E-state index < -0.39 is 4.92 Å². The number of nitro groups is 1. The number of fused-ring (bicyclic) bond motifs is 1. The van der Waals surface area contributed by atoms with Gasteiger partial charge in [0.15, 0.2) is 11.5 Å². The number of nitro benzene ring substituents is 1. The number of ether oxygens (including phenoxy) is 2. The van der Waals surface area contributed by atoms with Crippen LogP contribution >= 0.6 is 0 Å². The second-order valence-corrected chi connectivity index (χ2v) is 5.12. The molecule has 0 saturated carbocycles. The third kappa shape index (κ3) is 2.74. The molecule has 116 valence electrons. The zero-order chi connectivity index (χ0) is 15.5. The molecule has 0 N–H and O–H groups in total. The van der Waals surface area contributed by atoms with E-state index in [1.165, 1.54) is 25.3 Å². The molecule has 1 aliphatic carbocycles. The molecule has 0 spiro atoms. The van der Waals surface area contributed by atoms with Crippen molar-refractivity contribution in [1.29, 1.82) is 0 Å². The topological polar surface area (TPSA) is 87.6 Å². The summed E-state index contributed by atoms with van der Waals surface area (Å²) in [4.78, 5) is 10.4. The number of rotatable bonds is 5. The fraction of sp³-hybridized carbons (Fsp3) is 0.400. The summed E-state index contributed by atoms with van der Waals surface area (Å²) in [5.41, 5.74) is 1.82. The van der Waals surface area contributed by atoms with Crippen LogP contribution in [0.2, 0.25) is 0 Å². The summed E-state index contributed by atoms with van der Waals surface area (Å²) >= 11 is 0. The summed E-state index contributed by atoms with van der Waals surface area (Å²) in [6.07, 6.45) is 4.06. The van der Waals surface area contributed by atoms with Crippen LogP contribution < -0.4 is 9.47 Å². The largest absolute Gasteiger partial charge is 0.493 e. The quantitative estimate of drug-likeness (QED) is 0.623. The highest BCUT2D eigenvalue weighted by Gasteiger charge is 2.20. The minimum Gasteiger partial charge on any atom is -0.493 e. The van der Waals surface area contributed by atoms with Crippen molar-refractivity contribution < 1.29 is 18.9 Å². The standard InChI is InChI=1S/C15H16N2O5/c1-20-14-7-6-10(17(18)19)8-15(14)21-9-12-11-4-2-3-5-13(11)22-16-12/h6-8H,2-5,9H2,1H3. The molecule has 1 aliphatic rings. The fourth-order valence-corrected chi connectivity index (χ4v) is 2.60. The van der Waals surface area contributed by atoms with E-state index in [-0.39, 0.29) is 12.3 Å². The Hall–Kier alpha value is -2.57. The number of non-ortho nitro benzene ring substituents is 1. The molecule has 0 atom stereocenters. The van der Waals surface area contributed by atoms with Gasteiger partial charge in [0.2, 0.25) is 0 Å². The Balaban J connectivity index is 1.79. The predicted octanol–water partition coefficient (Wildman–Crippen LogP) is 3.05. The maximum Gasteiger partial charge on any atom is 0.273 e. The molecule has 0 aliphatic heterocycles. The van der Waals surface area contributed by atoms with E-state index in [1.54, 1.807) is 0 Å². The minimum atomic E-state index is -0.468. The molecule has 1 heterocycles. The normalized spacial score (nSPS) is 13.5. The molecule has 3 rings (SSSR count). The molecule has 1 aromatic heterocycles. The van der Waals surface area contributed by atoms with Crippen molar-refractivity contribution in [2.24, 2.45) is 0 Å². The van der Waals surface area contributed by atoms with Crippen molar-refractivity contribution in [3.8, 4) is 11.5 Å². The number of hydrogen-bond acceptors (Lipinski definition) is 6. The first kappa shape index (κ1) is 14.4. The Morgan fingerprint density at radius 3 is 2.91 bits per heavy atom. The lowest BCUT2D eigenvalue weighted by Gasteiger charge is -2.11. The summed E-state index contributed by atoms with van der Waals surface area (Å²) < 4.78 is 16.2. The van der Waals surface area contributed by atoms with E-state index >= 15 is 0 Å². The molecule has 0 unspecified atom stereocenters. The third-order valence-corrected chi connectivity index (χ3v) is 3.75. The van der Waals surface area contributed by atoms with Crippen molar-refractivity contribution in [1.82, 2.24) is 5.16 Å². The van der Waals surface area contributed by atoms with Crippen molar-refractivity contribution in [3.05, 3.63) is 45.3 Å². The van der Waals surface area contributed by atoms with Gasteiger partial charge in [0.1, 0.15) is 18.1 Å². The molecule has 0 fully saturated rings. The lowest BCUT2D eigenvalue weighted by molar-refractivity contribution is -0.385. The van der Waals surface area contributed by atoms with E-state index in [9.17, 15) is 10.1 Å². The van der Waals surface area contributed by atoms with Gasteiger partial charge in [-0.2, -0.15) is 0 Å². The van der Waals surface area contributed by atoms with E-state index in [4.69, 9.17) is 14.0 Å². The number of aryl methyl sites for hydroxylation is 1. The van der Waals surface area contributed by atoms with Gasteiger partial charge in [0, 0.05) is 18.1 Å². The minimum absolute atomic E-state index is 0.0435. The monoisotopic (exact) mass is 304 g/mol. The smallest absolute Gasteiger partial charge is 0.273 e. The molecular weight excluding hydrogens is 288 g/mol. The number of nitrogens with zero attached hydrogens (tertiary/aromatic N) is 2. The fourth-order valence-electron chi connectivity index (χ4n) is 2.60. The Bertz CT molecular complexity index is 695. The Kier molecular flexibility index (Phi) is 3.95. The molecule has 7 heteroatoms. The van der Waals surface area contributed by atoms with Crippen LogP contribution in [0.5, 0.6) is 11.5 Å². The van der Waals surface area contributed by atoms with E-state index in [1.807, 2.05) is 0 Å². The highest BCUT2D eigenvalue weighted by Crippen LogP contribution is 2.32. The molecule has 0 amide bonds. The van der Waals surface area contributed by atoms with Gasteiger partial charge >= 0.3 is 0 Å². The Morgan fingerprint density at radius 1 is 1.32 bits per heavy atom. The average Bonchev–Trinajstić information content (AvgIpc) is 2.95. The average molecular weight is 304 g/mol. The first-order valence-electron chi connectivity index (χ1n) is 7.10. The number of aromatic nitrogens is 1. The van der Waals surface area contributed by atoms with Gasteiger partial charge in [0.05, 0.1) is 18.1 Å². The number of hydrogen-bond donors (Lipinski definition) is 0.